The molecule has 1 aliphatic rings. The zero-order valence-corrected chi connectivity index (χ0v) is 11.9. The van der Waals surface area contributed by atoms with Crippen LogP contribution in [0.2, 0.25) is 0 Å². The van der Waals surface area contributed by atoms with Gasteiger partial charge in [0.05, 0.1) is 0 Å². The molecule has 0 aliphatic heterocycles. The zero-order valence-electron chi connectivity index (χ0n) is 11.1. The van der Waals surface area contributed by atoms with Crippen molar-refractivity contribution in [2.45, 2.75) is 51.2 Å². The van der Waals surface area contributed by atoms with Crippen LogP contribution in [0.15, 0.2) is 17.5 Å². The maximum absolute atomic E-state index is 12.1. The highest BCUT2D eigenvalue weighted by Crippen LogP contribution is 2.18. The van der Waals surface area contributed by atoms with Gasteiger partial charge in [-0.2, -0.15) is 0 Å². The number of hydrogen-bond acceptors (Lipinski definition) is 4. The van der Waals surface area contributed by atoms with E-state index in [0.717, 1.165) is 25.7 Å². The first-order valence-corrected chi connectivity index (χ1v) is 7.63. The van der Waals surface area contributed by atoms with Gasteiger partial charge in [0.15, 0.2) is 6.10 Å². The van der Waals surface area contributed by atoms with E-state index in [4.69, 9.17) is 4.74 Å². The summed E-state index contributed by atoms with van der Waals surface area (Å²) in [6, 6.07) is 3.75. The van der Waals surface area contributed by atoms with Crippen LogP contribution in [0.5, 0.6) is 0 Å². The summed E-state index contributed by atoms with van der Waals surface area (Å²) in [5, 5.41) is 4.78. The minimum Gasteiger partial charge on any atom is -0.448 e. The quantitative estimate of drug-likeness (QED) is 0.844. The van der Waals surface area contributed by atoms with Crippen molar-refractivity contribution in [1.29, 1.82) is 0 Å². The number of carbonyl (C=O) groups excluding carboxylic acids is 2. The summed E-state index contributed by atoms with van der Waals surface area (Å²) < 4.78 is 5.28. The van der Waals surface area contributed by atoms with Crippen LogP contribution < -0.4 is 5.32 Å². The molecule has 2 rings (SSSR count). The number of rotatable bonds is 5. The lowest BCUT2D eigenvalue weighted by atomic mass is 10.2. The number of thiophene rings is 1. The van der Waals surface area contributed by atoms with E-state index >= 15 is 0 Å². The first-order valence-electron chi connectivity index (χ1n) is 6.75. The van der Waals surface area contributed by atoms with Gasteiger partial charge in [0.2, 0.25) is 0 Å². The van der Waals surface area contributed by atoms with Gasteiger partial charge in [-0.15, -0.1) is 11.3 Å². The first kappa shape index (κ1) is 14.1. The molecule has 1 atom stereocenters. The van der Waals surface area contributed by atoms with Crippen LogP contribution in [0.1, 0.15) is 48.7 Å². The average molecular weight is 281 g/mol. The molecule has 1 aliphatic carbocycles. The van der Waals surface area contributed by atoms with Gasteiger partial charge in [0.25, 0.3) is 5.91 Å². The van der Waals surface area contributed by atoms with E-state index in [-0.39, 0.29) is 11.9 Å². The fourth-order valence-electron chi connectivity index (χ4n) is 2.27. The maximum Gasteiger partial charge on any atom is 0.349 e. The molecule has 1 N–H and O–H groups in total. The van der Waals surface area contributed by atoms with Crippen molar-refractivity contribution >= 4 is 23.2 Å². The van der Waals surface area contributed by atoms with Gasteiger partial charge in [-0.3, -0.25) is 4.79 Å². The first-order chi connectivity index (χ1) is 9.20. The summed E-state index contributed by atoms with van der Waals surface area (Å²) in [6.07, 6.45) is 4.20. The van der Waals surface area contributed by atoms with Crippen molar-refractivity contribution in [3.63, 3.8) is 0 Å². The lowest BCUT2D eigenvalue weighted by Crippen LogP contribution is -2.42. The third-order valence-corrected chi connectivity index (χ3v) is 4.19. The number of hydrogen-bond donors (Lipinski definition) is 1. The van der Waals surface area contributed by atoms with Crippen molar-refractivity contribution in [2.24, 2.45) is 0 Å². The van der Waals surface area contributed by atoms with Crippen LogP contribution in [0, 0.1) is 0 Å². The van der Waals surface area contributed by atoms with E-state index in [1.807, 2.05) is 12.3 Å². The van der Waals surface area contributed by atoms with Crippen LogP contribution >= 0.6 is 11.3 Å². The molecule has 1 heterocycles. The van der Waals surface area contributed by atoms with Gasteiger partial charge in [-0.1, -0.05) is 25.8 Å². The molecular formula is C14H19NO3S. The molecule has 1 aromatic rings. The Morgan fingerprint density at radius 1 is 1.47 bits per heavy atom. The normalized spacial score (nSPS) is 17.1. The molecule has 19 heavy (non-hydrogen) atoms. The Balaban J connectivity index is 1.88. The van der Waals surface area contributed by atoms with Gasteiger partial charge in [-0.25, -0.2) is 4.79 Å². The molecule has 0 saturated heterocycles. The molecule has 0 radical (unpaired) electrons. The van der Waals surface area contributed by atoms with Crippen molar-refractivity contribution in [1.82, 2.24) is 5.32 Å². The summed E-state index contributed by atoms with van der Waals surface area (Å²) in [5.41, 5.74) is 0. The van der Waals surface area contributed by atoms with E-state index < -0.39 is 12.1 Å². The molecule has 1 fully saturated rings. The largest absolute Gasteiger partial charge is 0.448 e. The van der Waals surface area contributed by atoms with Crippen LogP contribution in [-0.4, -0.2) is 24.0 Å². The van der Waals surface area contributed by atoms with Crippen molar-refractivity contribution < 1.29 is 14.3 Å². The van der Waals surface area contributed by atoms with E-state index in [1.54, 1.807) is 12.1 Å². The molecule has 4 nitrogen and oxygen atoms in total. The fourth-order valence-corrected chi connectivity index (χ4v) is 2.87. The van der Waals surface area contributed by atoms with Crippen LogP contribution in [0.25, 0.3) is 0 Å². The molecule has 0 bridgehead atoms. The Morgan fingerprint density at radius 3 is 2.79 bits per heavy atom. The zero-order chi connectivity index (χ0) is 13.7. The molecular weight excluding hydrogens is 262 g/mol. The van der Waals surface area contributed by atoms with E-state index in [0.29, 0.717) is 11.3 Å². The average Bonchev–Trinajstić information content (AvgIpc) is 3.07. The van der Waals surface area contributed by atoms with Gasteiger partial charge >= 0.3 is 5.97 Å². The second-order valence-corrected chi connectivity index (χ2v) is 5.72. The van der Waals surface area contributed by atoms with Crippen LogP contribution in [0.4, 0.5) is 0 Å². The summed E-state index contributed by atoms with van der Waals surface area (Å²) in [4.78, 5) is 24.4. The van der Waals surface area contributed by atoms with Gasteiger partial charge in [0, 0.05) is 6.04 Å². The highest BCUT2D eigenvalue weighted by molar-refractivity contribution is 7.11. The van der Waals surface area contributed by atoms with Crippen LogP contribution in [-0.2, 0) is 9.53 Å². The summed E-state index contributed by atoms with van der Waals surface area (Å²) in [5.74, 6) is -0.581. The van der Waals surface area contributed by atoms with Crippen molar-refractivity contribution in [2.75, 3.05) is 0 Å². The Bertz CT molecular complexity index is 424. The predicted octanol–water partition coefficient (Wildman–Crippen LogP) is 2.74. The Hall–Kier alpha value is -1.36. The topological polar surface area (TPSA) is 55.4 Å². The Morgan fingerprint density at radius 2 is 2.21 bits per heavy atom. The van der Waals surface area contributed by atoms with E-state index in [9.17, 15) is 9.59 Å². The fraction of sp³-hybridized carbons (Fsp3) is 0.571. The number of carbonyl (C=O) groups is 2. The SMILES string of the molecule is CCC(OC(=O)c1cccs1)C(=O)NC1CCCC1. The second kappa shape index (κ2) is 6.70. The van der Waals surface area contributed by atoms with Crippen molar-refractivity contribution in [3.8, 4) is 0 Å². The molecule has 1 unspecified atom stereocenters. The number of ether oxygens (including phenoxy) is 1. The van der Waals surface area contributed by atoms with Crippen molar-refractivity contribution in [3.05, 3.63) is 22.4 Å². The number of amides is 1. The Labute approximate surface area is 117 Å². The molecule has 5 heteroatoms. The summed E-state index contributed by atoms with van der Waals surface area (Å²) in [6.45, 7) is 1.85. The third kappa shape index (κ3) is 3.80. The highest BCUT2D eigenvalue weighted by atomic mass is 32.1. The van der Waals surface area contributed by atoms with Gasteiger partial charge < -0.3 is 10.1 Å². The summed E-state index contributed by atoms with van der Waals surface area (Å²) in [7, 11) is 0. The molecule has 0 aromatic carbocycles. The van der Waals surface area contributed by atoms with E-state index in [2.05, 4.69) is 5.32 Å². The number of nitrogens with one attached hydrogen (secondary N) is 1. The third-order valence-electron chi connectivity index (χ3n) is 3.34. The van der Waals surface area contributed by atoms with Gasteiger partial charge in [0.1, 0.15) is 4.88 Å². The lowest BCUT2D eigenvalue weighted by Gasteiger charge is -2.18. The predicted molar refractivity (Wildman–Crippen MR) is 74.2 cm³/mol. The molecule has 104 valence electrons. The number of esters is 1. The highest BCUT2D eigenvalue weighted by Gasteiger charge is 2.25. The maximum atomic E-state index is 12.1. The lowest BCUT2D eigenvalue weighted by molar-refractivity contribution is -0.130. The standard InChI is InChI=1S/C14H19NO3S/c1-2-11(13(16)15-10-6-3-4-7-10)18-14(17)12-8-5-9-19-12/h5,8-11H,2-4,6-7H2,1H3,(H,15,16). The molecule has 1 amide bonds. The Kier molecular flexibility index (Phi) is 4.96. The summed E-state index contributed by atoms with van der Waals surface area (Å²) >= 11 is 1.32. The minimum absolute atomic E-state index is 0.167. The molecule has 1 saturated carbocycles. The minimum atomic E-state index is -0.685. The second-order valence-electron chi connectivity index (χ2n) is 4.77. The smallest absolute Gasteiger partial charge is 0.349 e. The van der Waals surface area contributed by atoms with E-state index in [1.165, 1.54) is 11.3 Å². The molecule has 1 aromatic heterocycles. The monoisotopic (exact) mass is 281 g/mol. The van der Waals surface area contributed by atoms with Gasteiger partial charge in [-0.05, 0) is 30.7 Å². The molecule has 0 spiro atoms. The van der Waals surface area contributed by atoms with Crippen LogP contribution in [0.3, 0.4) is 0 Å².